The summed E-state index contributed by atoms with van der Waals surface area (Å²) in [7, 11) is 0. The van der Waals surface area contributed by atoms with Crippen LogP contribution in [0.1, 0.15) is 144 Å². The number of para-hydroxylation sites is 2. The Kier molecular flexibility index (Phi) is 29.1. The zero-order valence-electron chi connectivity index (χ0n) is 47.3. The van der Waals surface area contributed by atoms with Crippen molar-refractivity contribution in [3.63, 3.8) is 0 Å². The van der Waals surface area contributed by atoms with Gasteiger partial charge >= 0.3 is 40.2 Å². The van der Waals surface area contributed by atoms with Gasteiger partial charge in [-0.25, -0.2) is 9.97 Å². The molecule has 0 aliphatic carbocycles. The van der Waals surface area contributed by atoms with Crippen LogP contribution in [0, 0.1) is 32.5 Å². The van der Waals surface area contributed by atoms with Gasteiger partial charge in [-0.2, -0.15) is 0 Å². The van der Waals surface area contributed by atoms with Crippen molar-refractivity contribution in [2.24, 2.45) is 32.5 Å². The molecule has 6 aromatic rings. The molecule has 0 amide bonds. The SMILES string of the molecule is CC(C)(C)C([O-])CC([O-])C(C)(C)C.CC(C)(C)C([O-])CC([O-])C(C)(C)C.CC(C)(C)C([O-])CC([O-])C(C)(C)C.[Ir+3].[Ir+3].c1ccc(-c2ccc3ccccc3n2)cc1.c1ccc(-c2ccc3ccccc3n2)cc1. The number of pyridine rings is 2. The summed E-state index contributed by atoms with van der Waals surface area (Å²) in [5, 5.41) is 72.0. The molecule has 404 valence electrons. The molecule has 2 aromatic heterocycles. The molecule has 6 atom stereocenters. The van der Waals surface area contributed by atoms with Crippen LogP contribution in [0.25, 0.3) is 44.3 Å². The van der Waals surface area contributed by atoms with Crippen molar-refractivity contribution >= 4 is 21.8 Å². The molecule has 6 rings (SSSR count). The van der Waals surface area contributed by atoms with Gasteiger partial charge in [-0.3, -0.25) is 0 Å². The van der Waals surface area contributed by atoms with E-state index in [1.165, 1.54) is 10.8 Å². The van der Waals surface area contributed by atoms with Gasteiger partial charge in [-0.15, -0.1) is 36.6 Å². The predicted molar refractivity (Wildman–Crippen MR) is 288 cm³/mol. The Morgan fingerprint density at radius 1 is 0.288 bits per heavy atom. The molecule has 8 nitrogen and oxygen atoms in total. The minimum Gasteiger partial charge on any atom is -0.852 e. The molecular formula is C63H88Ir2N2O6. The summed E-state index contributed by atoms with van der Waals surface area (Å²) in [5.41, 5.74) is 4.68. The summed E-state index contributed by atoms with van der Waals surface area (Å²) < 4.78 is 0. The Bertz CT molecular complexity index is 2170. The molecule has 0 N–H and O–H groups in total. The molecule has 0 aliphatic heterocycles. The van der Waals surface area contributed by atoms with E-state index >= 15 is 0 Å². The monoisotopic (exact) mass is 1350 g/mol. The molecule has 6 unspecified atom stereocenters. The summed E-state index contributed by atoms with van der Waals surface area (Å²) >= 11 is 0. The van der Waals surface area contributed by atoms with Crippen molar-refractivity contribution in [1.82, 2.24) is 9.97 Å². The second-order valence-corrected chi connectivity index (χ2v) is 25.3. The molecule has 4 aromatic carbocycles. The molecule has 0 fully saturated rings. The first kappa shape index (κ1) is 69.8. The van der Waals surface area contributed by atoms with Crippen LogP contribution in [0.3, 0.4) is 0 Å². The molecule has 0 spiro atoms. The topological polar surface area (TPSA) is 164 Å². The first-order valence-corrected chi connectivity index (χ1v) is 25.3. The third-order valence-corrected chi connectivity index (χ3v) is 12.4. The first-order chi connectivity index (χ1) is 32.5. The molecule has 73 heavy (non-hydrogen) atoms. The molecule has 10 heteroatoms. The van der Waals surface area contributed by atoms with Gasteiger partial charge in [0, 0.05) is 21.9 Å². The van der Waals surface area contributed by atoms with E-state index in [0.29, 0.717) is 0 Å². The van der Waals surface area contributed by atoms with Gasteiger partial charge in [0.25, 0.3) is 0 Å². The maximum atomic E-state index is 11.6. The average molecular weight is 1350 g/mol. The normalized spacial score (nSPS) is 14.5. The minimum atomic E-state index is -0.755. The van der Waals surface area contributed by atoms with Gasteiger partial charge in [-0.1, -0.05) is 286 Å². The van der Waals surface area contributed by atoms with Gasteiger partial charge in [0.05, 0.1) is 22.4 Å². The van der Waals surface area contributed by atoms with E-state index in [-0.39, 0.29) is 92.0 Å². The second kappa shape index (κ2) is 30.5. The third kappa shape index (κ3) is 25.9. The van der Waals surface area contributed by atoms with Crippen molar-refractivity contribution < 1.29 is 70.8 Å². The number of benzene rings is 4. The van der Waals surface area contributed by atoms with E-state index in [0.717, 1.165) is 33.5 Å². The van der Waals surface area contributed by atoms with E-state index in [9.17, 15) is 30.6 Å². The maximum absolute atomic E-state index is 11.6. The Balaban J connectivity index is 0.000000887. The fourth-order valence-electron chi connectivity index (χ4n) is 6.38. The maximum Gasteiger partial charge on any atom is 3.00 e. The average Bonchev–Trinajstić information content (AvgIpc) is 3.28. The van der Waals surface area contributed by atoms with E-state index in [1.54, 1.807) is 0 Å². The number of rotatable bonds is 8. The Labute approximate surface area is 468 Å². The second-order valence-electron chi connectivity index (χ2n) is 25.3. The van der Waals surface area contributed by atoms with Crippen molar-refractivity contribution in [2.45, 2.75) is 181 Å². The summed E-state index contributed by atoms with van der Waals surface area (Å²) in [6.07, 6.45) is -3.84. The quantitative estimate of drug-likeness (QED) is 0.145. The molecule has 0 radical (unpaired) electrons. The Morgan fingerprint density at radius 2 is 0.493 bits per heavy atom. The van der Waals surface area contributed by atoms with Gasteiger partial charge in [0.2, 0.25) is 0 Å². The molecule has 0 aliphatic rings. The zero-order chi connectivity index (χ0) is 54.2. The molecule has 2 heterocycles. The van der Waals surface area contributed by atoms with Gasteiger partial charge in [-0.05, 0) is 24.3 Å². The fourth-order valence-corrected chi connectivity index (χ4v) is 6.38. The standard InChI is InChI=1S/2C15H11N.3C11H22O2.2Ir/c2*1-2-6-12(7-3-1)15-11-10-13-8-4-5-9-14(13)16-15;3*1-10(2,3)8(12)7-9(13)11(4,5)6;;/h2*1-11H;3*8-9H,7H2,1-6H3;;/q;;3*-2;2*+3. The van der Waals surface area contributed by atoms with Crippen LogP contribution in [-0.4, -0.2) is 46.6 Å². The fraction of sp³-hybridized carbons (Fsp3) is 0.524. The van der Waals surface area contributed by atoms with E-state index in [2.05, 4.69) is 70.6 Å². The Hall–Kier alpha value is -3.24. The van der Waals surface area contributed by atoms with Crippen molar-refractivity contribution in [3.05, 3.63) is 133 Å². The number of aromatic nitrogens is 2. The molecular weight excluding hydrogens is 1270 g/mol. The van der Waals surface area contributed by atoms with Crippen LogP contribution in [-0.2, 0) is 40.2 Å². The van der Waals surface area contributed by atoms with Crippen molar-refractivity contribution in [3.8, 4) is 22.5 Å². The van der Waals surface area contributed by atoms with Crippen LogP contribution in [0.4, 0.5) is 0 Å². The number of hydrogen-bond donors (Lipinski definition) is 0. The van der Waals surface area contributed by atoms with E-state index in [1.807, 2.05) is 197 Å². The van der Waals surface area contributed by atoms with Crippen LogP contribution >= 0.6 is 0 Å². The van der Waals surface area contributed by atoms with Crippen LogP contribution in [0.15, 0.2) is 133 Å². The summed E-state index contributed by atoms with van der Waals surface area (Å²) in [6, 6.07) is 45.2. The van der Waals surface area contributed by atoms with Gasteiger partial charge in [0.1, 0.15) is 0 Å². The van der Waals surface area contributed by atoms with E-state index < -0.39 is 36.6 Å². The number of nitrogens with zero attached hydrogens (tertiary/aromatic N) is 2. The van der Waals surface area contributed by atoms with Crippen molar-refractivity contribution in [2.75, 3.05) is 0 Å². The predicted octanol–water partition coefficient (Wildman–Crippen LogP) is 10.6. The number of hydrogen-bond acceptors (Lipinski definition) is 8. The molecule has 0 saturated heterocycles. The molecule has 0 saturated carbocycles. The van der Waals surface area contributed by atoms with Gasteiger partial charge in [0.15, 0.2) is 0 Å². The third-order valence-electron chi connectivity index (χ3n) is 12.4. The smallest absolute Gasteiger partial charge is 0.852 e. The largest absolute Gasteiger partial charge is 3.00 e. The number of fused-ring (bicyclic) bond motifs is 2. The van der Waals surface area contributed by atoms with Crippen LogP contribution in [0.2, 0.25) is 0 Å². The van der Waals surface area contributed by atoms with Gasteiger partial charge < -0.3 is 30.6 Å². The minimum absolute atomic E-state index is 0. The summed E-state index contributed by atoms with van der Waals surface area (Å²) in [6.45, 7) is 34.0. The zero-order valence-corrected chi connectivity index (χ0v) is 52.1. The van der Waals surface area contributed by atoms with Crippen LogP contribution < -0.4 is 30.6 Å². The Morgan fingerprint density at radius 3 is 0.712 bits per heavy atom. The summed E-state index contributed by atoms with van der Waals surface area (Å²) in [5.74, 6) is 0. The summed E-state index contributed by atoms with van der Waals surface area (Å²) in [4.78, 5) is 9.29. The van der Waals surface area contributed by atoms with Crippen LogP contribution in [0.5, 0.6) is 0 Å². The molecule has 0 bridgehead atoms. The van der Waals surface area contributed by atoms with Crippen molar-refractivity contribution in [1.29, 1.82) is 0 Å². The first-order valence-electron chi connectivity index (χ1n) is 25.3. The van der Waals surface area contributed by atoms with E-state index in [4.69, 9.17) is 0 Å².